The monoisotopic (exact) mass is 200 g/mol. The molecule has 1 rings (SSSR count). The number of ketones is 1. The number of unbranched alkanes of at least 4 members (excludes halogenated alkanes) is 2. The normalized spacial score (nSPS) is 26.3. The molecule has 0 amide bonds. The van der Waals surface area contributed by atoms with Crippen LogP contribution < -0.4 is 0 Å². The molecule has 2 unspecified atom stereocenters. The molecule has 0 aromatic rings. The van der Waals surface area contributed by atoms with Gasteiger partial charge in [0.2, 0.25) is 0 Å². The molecule has 0 N–H and O–H groups in total. The molecular weight excluding hydrogens is 180 g/mol. The first-order valence-electron chi connectivity index (χ1n) is 5.55. The average molecular weight is 200 g/mol. The van der Waals surface area contributed by atoms with E-state index in [1.807, 2.05) is 6.92 Å². The molecule has 14 heavy (non-hydrogen) atoms. The second-order valence-electron chi connectivity index (χ2n) is 3.66. The quantitative estimate of drug-likeness (QED) is 0.589. The van der Waals surface area contributed by atoms with E-state index >= 15 is 0 Å². The van der Waals surface area contributed by atoms with E-state index in [9.17, 15) is 4.79 Å². The van der Waals surface area contributed by atoms with Crippen LogP contribution in [0, 0.1) is 0 Å². The van der Waals surface area contributed by atoms with Gasteiger partial charge in [-0.05, 0) is 13.3 Å². The lowest BCUT2D eigenvalue weighted by molar-refractivity contribution is -0.165. The molecule has 2 atom stereocenters. The van der Waals surface area contributed by atoms with Gasteiger partial charge in [-0.2, -0.15) is 0 Å². The van der Waals surface area contributed by atoms with E-state index in [-0.39, 0.29) is 18.0 Å². The third-order valence-electron chi connectivity index (χ3n) is 2.48. The van der Waals surface area contributed by atoms with Crippen LogP contribution in [0.3, 0.4) is 0 Å². The predicted octanol–water partition coefficient (Wildman–Crippen LogP) is 1.94. The summed E-state index contributed by atoms with van der Waals surface area (Å²) in [4.78, 5) is 11.1. The molecule has 0 spiro atoms. The Kier molecular flexibility index (Phi) is 5.12. The van der Waals surface area contributed by atoms with Gasteiger partial charge in [0, 0.05) is 19.6 Å². The first kappa shape index (κ1) is 11.7. The Morgan fingerprint density at radius 3 is 2.64 bits per heavy atom. The van der Waals surface area contributed by atoms with E-state index in [0.717, 1.165) is 13.0 Å². The van der Waals surface area contributed by atoms with Crippen molar-refractivity contribution >= 4 is 5.78 Å². The Hall–Kier alpha value is -0.410. The molecule has 3 nitrogen and oxygen atoms in total. The lowest BCUT2D eigenvalue weighted by atomic mass is 9.90. The molecule has 0 saturated heterocycles. The summed E-state index contributed by atoms with van der Waals surface area (Å²) in [6.07, 6.45) is 3.76. The minimum absolute atomic E-state index is 0.0271. The minimum atomic E-state index is -0.276. The first-order chi connectivity index (χ1) is 6.79. The maximum atomic E-state index is 11.1. The molecule has 0 aliphatic heterocycles. The SMILES string of the molecule is CCCCCOC1CC(=O)C1OCC. The van der Waals surface area contributed by atoms with Crippen LogP contribution in [-0.4, -0.2) is 31.2 Å². The molecule has 1 fully saturated rings. The smallest absolute Gasteiger partial charge is 0.166 e. The molecule has 0 aromatic carbocycles. The van der Waals surface area contributed by atoms with E-state index in [2.05, 4.69) is 6.92 Å². The van der Waals surface area contributed by atoms with Crippen molar-refractivity contribution < 1.29 is 14.3 Å². The number of Topliss-reactive ketones (excluding diaryl/α,β-unsaturated/α-hetero) is 1. The largest absolute Gasteiger partial charge is 0.375 e. The fraction of sp³-hybridized carbons (Fsp3) is 0.909. The van der Waals surface area contributed by atoms with Crippen LogP contribution >= 0.6 is 0 Å². The van der Waals surface area contributed by atoms with Gasteiger partial charge >= 0.3 is 0 Å². The van der Waals surface area contributed by atoms with Crippen molar-refractivity contribution in [1.29, 1.82) is 0 Å². The maximum Gasteiger partial charge on any atom is 0.166 e. The molecule has 3 heteroatoms. The summed E-state index contributed by atoms with van der Waals surface area (Å²) >= 11 is 0. The number of carbonyl (C=O) groups excluding carboxylic acids is 1. The molecule has 1 saturated carbocycles. The number of hydrogen-bond donors (Lipinski definition) is 0. The van der Waals surface area contributed by atoms with Gasteiger partial charge in [0.05, 0.1) is 6.10 Å². The third kappa shape index (κ3) is 3.07. The molecule has 1 aliphatic carbocycles. The second-order valence-corrected chi connectivity index (χ2v) is 3.66. The highest BCUT2D eigenvalue weighted by atomic mass is 16.5. The maximum absolute atomic E-state index is 11.1. The Bertz CT molecular complexity index is 179. The van der Waals surface area contributed by atoms with E-state index in [1.54, 1.807) is 0 Å². The Morgan fingerprint density at radius 2 is 2.07 bits per heavy atom. The molecule has 0 aromatic heterocycles. The average Bonchev–Trinajstić information content (AvgIpc) is 2.19. The summed E-state index contributed by atoms with van der Waals surface area (Å²) < 4.78 is 10.9. The van der Waals surface area contributed by atoms with Gasteiger partial charge in [-0.3, -0.25) is 4.79 Å². The van der Waals surface area contributed by atoms with Gasteiger partial charge in [0.25, 0.3) is 0 Å². The third-order valence-corrected chi connectivity index (χ3v) is 2.48. The molecule has 0 heterocycles. The zero-order valence-corrected chi connectivity index (χ0v) is 9.12. The number of carbonyl (C=O) groups is 1. The molecule has 1 aliphatic rings. The fourth-order valence-corrected chi connectivity index (χ4v) is 1.58. The fourth-order valence-electron chi connectivity index (χ4n) is 1.58. The zero-order valence-electron chi connectivity index (χ0n) is 9.12. The van der Waals surface area contributed by atoms with Crippen molar-refractivity contribution in [3.05, 3.63) is 0 Å². The van der Waals surface area contributed by atoms with Crippen LogP contribution in [0.1, 0.15) is 39.5 Å². The summed E-state index contributed by atoms with van der Waals surface area (Å²) in [5.74, 6) is 0.187. The van der Waals surface area contributed by atoms with Gasteiger partial charge in [-0.15, -0.1) is 0 Å². The van der Waals surface area contributed by atoms with Gasteiger partial charge in [0.15, 0.2) is 5.78 Å². The second kappa shape index (κ2) is 6.14. The zero-order chi connectivity index (χ0) is 10.4. The predicted molar refractivity (Wildman–Crippen MR) is 54.3 cm³/mol. The molecular formula is C11H20O3. The van der Waals surface area contributed by atoms with Crippen LogP contribution in [0.4, 0.5) is 0 Å². The number of hydrogen-bond acceptors (Lipinski definition) is 3. The van der Waals surface area contributed by atoms with Crippen molar-refractivity contribution in [3.63, 3.8) is 0 Å². The number of ether oxygens (including phenoxy) is 2. The Balaban J connectivity index is 2.09. The Labute approximate surface area is 85.8 Å². The summed E-state index contributed by atoms with van der Waals surface area (Å²) in [7, 11) is 0. The molecule has 82 valence electrons. The van der Waals surface area contributed by atoms with Crippen molar-refractivity contribution in [3.8, 4) is 0 Å². The van der Waals surface area contributed by atoms with Crippen molar-refractivity contribution in [2.45, 2.75) is 51.7 Å². The van der Waals surface area contributed by atoms with Gasteiger partial charge in [0.1, 0.15) is 6.10 Å². The van der Waals surface area contributed by atoms with Crippen molar-refractivity contribution in [2.24, 2.45) is 0 Å². The first-order valence-corrected chi connectivity index (χ1v) is 5.55. The summed E-state index contributed by atoms with van der Waals surface area (Å²) in [6, 6.07) is 0. The highest BCUT2D eigenvalue weighted by Gasteiger charge is 2.41. The lowest BCUT2D eigenvalue weighted by Crippen LogP contribution is -2.50. The van der Waals surface area contributed by atoms with Crippen LogP contribution in [0.2, 0.25) is 0 Å². The topological polar surface area (TPSA) is 35.5 Å². The van der Waals surface area contributed by atoms with Crippen LogP contribution in [0.5, 0.6) is 0 Å². The summed E-state index contributed by atoms with van der Waals surface area (Å²) in [6.45, 7) is 5.41. The summed E-state index contributed by atoms with van der Waals surface area (Å²) in [5, 5.41) is 0. The van der Waals surface area contributed by atoms with Crippen molar-refractivity contribution in [1.82, 2.24) is 0 Å². The van der Waals surface area contributed by atoms with Crippen LogP contribution in [-0.2, 0) is 14.3 Å². The highest BCUT2D eigenvalue weighted by molar-refractivity contribution is 5.90. The number of rotatable bonds is 7. The van der Waals surface area contributed by atoms with Gasteiger partial charge in [-0.25, -0.2) is 0 Å². The molecule has 0 bridgehead atoms. The van der Waals surface area contributed by atoms with E-state index in [1.165, 1.54) is 12.8 Å². The Morgan fingerprint density at radius 1 is 1.29 bits per heavy atom. The standard InChI is InChI=1S/C11H20O3/c1-3-5-6-7-14-10-8-9(12)11(10)13-4-2/h10-11H,3-8H2,1-2H3. The van der Waals surface area contributed by atoms with Gasteiger partial charge in [-0.1, -0.05) is 19.8 Å². The lowest BCUT2D eigenvalue weighted by Gasteiger charge is -2.34. The highest BCUT2D eigenvalue weighted by Crippen LogP contribution is 2.23. The van der Waals surface area contributed by atoms with E-state index in [0.29, 0.717) is 13.0 Å². The van der Waals surface area contributed by atoms with Crippen LogP contribution in [0.15, 0.2) is 0 Å². The van der Waals surface area contributed by atoms with E-state index in [4.69, 9.17) is 9.47 Å². The summed E-state index contributed by atoms with van der Waals surface area (Å²) in [5.41, 5.74) is 0. The van der Waals surface area contributed by atoms with Crippen LogP contribution in [0.25, 0.3) is 0 Å². The van der Waals surface area contributed by atoms with Gasteiger partial charge < -0.3 is 9.47 Å². The minimum Gasteiger partial charge on any atom is -0.375 e. The van der Waals surface area contributed by atoms with E-state index < -0.39 is 0 Å². The van der Waals surface area contributed by atoms with Crippen molar-refractivity contribution in [2.75, 3.05) is 13.2 Å². The molecule has 0 radical (unpaired) electrons.